The van der Waals surface area contributed by atoms with Gasteiger partial charge < -0.3 is 15.2 Å². The van der Waals surface area contributed by atoms with E-state index in [9.17, 15) is 14.7 Å². The molecule has 2 aromatic rings. The standard InChI is InChI=1S/C19H25N3O4/c1-3-13-11-22(19(25)21-18(13)24)17-8-15(23)16(26-17)10-20-9-14-7-5-4-6-12(14)2/h4-7,11,15-17,20,23H,3,8-10H2,1-2H3,(H,21,24,25)/t15-,16+,17+/m0/s1. The minimum absolute atomic E-state index is 0.311. The van der Waals surface area contributed by atoms with Gasteiger partial charge in [-0.05, 0) is 24.5 Å². The Hall–Kier alpha value is -2.22. The van der Waals surface area contributed by atoms with Crippen molar-refractivity contribution < 1.29 is 9.84 Å². The van der Waals surface area contributed by atoms with Crippen molar-refractivity contribution in [2.45, 2.75) is 51.7 Å². The number of aryl methyl sites for hydroxylation is 2. The van der Waals surface area contributed by atoms with Gasteiger partial charge in [-0.1, -0.05) is 31.2 Å². The first kappa shape index (κ1) is 18.6. The first-order valence-corrected chi connectivity index (χ1v) is 8.92. The first-order chi connectivity index (χ1) is 12.5. The van der Waals surface area contributed by atoms with Crippen molar-refractivity contribution in [3.63, 3.8) is 0 Å². The molecule has 0 unspecified atom stereocenters. The second kappa shape index (κ2) is 7.99. The SMILES string of the molecule is CCc1cn([C@H]2C[C@H](O)[C@@H](CNCc3ccccc3C)O2)c(=O)[nH]c1=O. The third-order valence-corrected chi connectivity index (χ3v) is 4.86. The van der Waals surface area contributed by atoms with Gasteiger partial charge >= 0.3 is 5.69 Å². The van der Waals surface area contributed by atoms with Crippen molar-refractivity contribution >= 4 is 0 Å². The Bertz CT molecular complexity index is 874. The number of ether oxygens (including phenoxy) is 1. The fraction of sp³-hybridized carbons (Fsp3) is 0.474. The lowest BCUT2D eigenvalue weighted by molar-refractivity contribution is -0.0194. The highest BCUT2D eigenvalue weighted by molar-refractivity contribution is 5.25. The number of rotatable bonds is 6. The number of hydrogen-bond donors (Lipinski definition) is 3. The largest absolute Gasteiger partial charge is 0.390 e. The number of aliphatic hydroxyl groups is 1. The molecule has 0 aliphatic carbocycles. The average molecular weight is 359 g/mol. The van der Waals surface area contributed by atoms with Crippen LogP contribution in [0.2, 0.25) is 0 Å². The summed E-state index contributed by atoms with van der Waals surface area (Å²) >= 11 is 0. The van der Waals surface area contributed by atoms with E-state index >= 15 is 0 Å². The molecule has 3 N–H and O–H groups in total. The Labute approximate surface area is 151 Å². The summed E-state index contributed by atoms with van der Waals surface area (Å²) in [6.45, 7) is 5.07. The van der Waals surface area contributed by atoms with E-state index in [2.05, 4.69) is 29.4 Å². The Balaban J connectivity index is 1.64. The molecule has 0 saturated carbocycles. The van der Waals surface area contributed by atoms with Crippen LogP contribution in [-0.2, 0) is 17.7 Å². The highest BCUT2D eigenvalue weighted by Gasteiger charge is 2.35. The van der Waals surface area contributed by atoms with E-state index in [1.165, 1.54) is 21.9 Å². The Kier molecular flexibility index (Phi) is 5.70. The minimum Gasteiger partial charge on any atom is -0.390 e. The van der Waals surface area contributed by atoms with Gasteiger partial charge in [-0.15, -0.1) is 0 Å². The summed E-state index contributed by atoms with van der Waals surface area (Å²) in [4.78, 5) is 26.1. The maximum atomic E-state index is 12.1. The molecule has 3 atom stereocenters. The van der Waals surface area contributed by atoms with Crippen LogP contribution in [0.5, 0.6) is 0 Å². The number of aromatic amines is 1. The first-order valence-electron chi connectivity index (χ1n) is 8.92. The summed E-state index contributed by atoms with van der Waals surface area (Å²) in [5, 5.41) is 13.6. The number of aliphatic hydroxyl groups excluding tert-OH is 1. The maximum Gasteiger partial charge on any atom is 0.330 e. The second-order valence-corrected chi connectivity index (χ2v) is 6.66. The molecule has 1 fully saturated rings. The Morgan fingerprint density at radius 2 is 2.08 bits per heavy atom. The van der Waals surface area contributed by atoms with Gasteiger partial charge in [0.1, 0.15) is 6.23 Å². The number of nitrogens with zero attached hydrogens (tertiary/aromatic N) is 1. The minimum atomic E-state index is -0.673. The van der Waals surface area contributed by atoms with Crippen LogP contribution in [0.15, 0.2) is 40.1 Å². The Morgan fingerprint density at radius 3 is 2.81 bits per heavy atom. The van der Waals surface area contributed by atoms with E-state index in [4.69, 9.17) is 4.74 Å². The molecule has 7 heteroatoms. The summed E-state index contributed by atoms with van der Waals surface area (Å²) in [5.74, 6) is 0. The van der Waals surface area contributed by atoms with Crippen LogP contribution < -0.4 is 16.6 Å². The van der Waals surface area contributed by atoms with Gasteiger partial charge in [-0.2, -0.15) is 0 Å². The van der Waals surface area contributed by atoms with E-state index < -0.39 is 24.1 Å². The Morgan fingerprint density at radius 1 is 1.31 bits per heavy atom. The quantitative estimate of drug-likeness (QED) is 0.710. The summed E-state index contributed by atoms with van der Waals surface area (Å²) in [6.07, 6.45) is 0.700. The highest BCUT2D eigenvalue weighted by Crippen LogP contribution is 2.27. The zero-order chi connectivity index (χ0) is 18.7. The fourth-order valence-electron chi connectivity index (χ4n) is 3.22. The predicted molar refractivity (Wildman–Crippen MR) is 98.1 cm³/mol. The smallest absolute Gasteiger partial charge is 0.330 e. The van der Waals surface area contributed by atoms with Gasteiger partial charge in [0.25, 0.3) is 5.56 Å². The van der Waals surface area contributed by atoms with Crippen molar-refractivity contribution in [1.29, 1.82) is 0 Å². The molecule has 1 saturated heterocycles. The molecule has 26 heavy (non-hydrogen) atoms. The van der Waals surface area contributed by atoms with Crippen LogP contribution in [0.25, 0.3) is 0 Å². The number of aromatic nitrogens is 2. The third kappa shape index (κ3) is 3.95. The molecule has 1 aliphatic heterocycles. The molecule has 3 rings (SSSR count). The van der Waals surface area contributed by atoms with Gasteiger partial charge in [0.05, 0.1) is 12.2 Å². The van der Waals surface area contributed by atoms with Crippen LogP contribution in [0, 0.1) is 6.92 Å². The normalized spacial score (nSPS) is 22.7. The molecule has 0 spiro atoms. The van der Waals surface area contributed by atoms with Gasteiger partial charge in [-0.3, -0.25) is 14.3 Å². The van der Waals surface area contributed by atoms with Crippen molar-refractivity contribution in [3.05, 3.63) is 68.0 Å². The summed E-state index contributed by atoms with van der Waals surface area (Å²) in [5.41, 5.74) is 2.03. The monoisotopic (exact) mass is 359 g/mol. The van der Waals surface area contributed by atoms with Crippen LogP contribution in [0.3, 0.4) is 0 Å². The highest BCUT2D eigenvalue weighted by atomic mass is 16.5. The predicted octanol–water partition coefficient (Wildman–Crippen LogP) is 0.846. The van der Waals surface area contributed by atoms with Crippen molar-refractivity contribution in [2.75, 3.05) is 6.54 Å². The molecule has 0 radical (unpaired) electrons. The van der Waals surface area contributed by atoms with Gasteiger partial charge in [0, 0.05) is 31.3 Å². The number of hydrogen-bond acceptors (Lipinski definition) is 5. The topological polar surface area (TPSA) is 96.3 Å². The molecule has 1 aromatic carbocycles. The van der Waals surface area contributed by atoms with E-state index in [0.29, 0.717) is 31.5 Å². The zero-order valence-electron chi connectivity index (χ0n) is 15.1. The molecular weight excluding hydrogens is 334 g/mol. The van der Waals surface area contributed by atoms with E-state index in [1.54, 1.807) is 0 Å². The van der Waals surface area contributed by atoms with E-state index in [0.717, 1.165) is 0 Å². The summed E-state index contributed by atoms with van der Waals surface area (Å²) in [6, 6.07) is 8.11. The van der Waals surface area contributed by atoms with Crippen molar-refractivity contribution in [3.8, 4) is 0 Å². The molecule has 2 heterocycles. The van der Waals surface area contributed by atoms with Crippen LogP contribution in [-0.4, -0.2) is 33.4 Å². The number of benzene rings is 1. The van der Waals surface area contributed by atoms with E-state index in [1.807, 2.05) is 19.1 Å². The molecule has 1 aromatic heterocycles. The van der Waals surface area contributed by atoms with Crippen LogP contribution >= 0.6 is 0 Å². The van der Waals surface area contributed by atoms with Gasteiger partial charge in [-0.25, -0.2) is 4.79 Å². The molecule has 140 valence electrons. The lowest BCUT2D eigenvalue weighted by Crippen LogP contribution is -2.35. The lowest BCUT2D eigenvalue weighted by Gasteiger charge is -2.17. The lowest BCUT2D eigenvalue weighted by atomic mass is 10.1. The number of H-pyrrole nitrogens is 1. The molecular formula is C19H25N3O4. The maximum absolute atomic E-state index is 12.1. The fourth-order valence-corrected chi connectivity index (χ4v) is 3.22. The second-order valence-electron chi connectivity index (χ2n) is 6.66. The van der Waals surface area contributed by atoms with Crippen LogP contribution in [0.4, 0.5) is 0 Å². The van der Waals surface area contributed by atoms with Gasteiger partial charge in [0.2, 0.25) is 0 Å². The van der Waals surface area contributed by atoms with Gasteiger partial charge in [0.15, 0.2) is 0 Å². The van der Waals surface area contributed by atoms with Crippen LogP contribution in [0.1, 0.15) is 36.3 Å². The third-order valence-electron chi connectivity index (χ3n) is 4.86. The molecule has 0 amide bonds. The molecule has 7 nitrogen and oxygen atoms in total. The van der Waals surface area contributed by atoms with E-state index in [-0.39, 0.29) is 5.56 Å². The zero-order valence-corrected chi connectivity index (χ0v) is 15.1. The average Bonchev–Trinajstić information content (AvgIpc) is 2.97. The van der Waals surface area contributed by atoms with Crippen molar-refractivity contribution in [1.82, 2.24) is 14.9 Å². The molecule has 1 aliphatic rings. The summed E-state index contributed by atoms with van der Waals surface area (Å²) in [7, 11) is 0. The summed E-state index contributed by atoms with van der Waals surface area (Å²) < 4.78 is 7.24. The number of nitrogens with one attached hydrogen (secondary N) is 2. The van der Waals surface area contributed by atoms with Crippen molar-refractivity contribution in [2.24, 2.45) is 0 Å². The molecule has 0 bridgehead atoms.